The molecule has 1 saturated carbocycles. The van der Waals surface area contributed by atoms with E-state index in [0.717, 1.165) is 29.8 Å². The van der Waals surface area contributed by atoms with Crippen LogP contribution in [0.2, 0.25) is 5.02 Å². The van der Waals surface area contributed by atoms with Crippen LogP contribution in [0.5, 0.6) is 5.75 Å². The molecule has 1 unspecified atom stereocenters. The van der Waals surface area contributed by atoms with E-state index in [1.54, 1.807) is 7.11 Å². The van der Waals surface area contributed by atoms with Crippen molar-refractivity contribution < 1.29 is 4.74 Å². The highest BCUT2D eigenvalue weighted by molar-refractivity contribution is 6.30. The van der Waals surface area contributed by atoms with Gasteiger partial charge in [-0.1, -0.05) is 31.4 Å². The Labute approximate surface area is 121 Å². The number of hydrogen-bond donors (Lipinski definition) is 1. The van der Waals surface area contributed by atoms with E-state index in [2.05, 4.69) is 18.3 Å². The van der Waals surface area contributed by atoms with Gasteiger partial charge in [0.1, 0.15) is 5.75 Å². The minimum absolute atomic E-state index is 0.510. The van der Waals surface area contributed by atoms with Crippen LogP contribution >= 0.6 is 11.6 Å². The molecule has 0 radical (unpaired) electrons. The van der Waals surface area contributed by atoms with Crippen LogP contribution in [0, 0.1) is 5.92 Å². The zero-order valence-electron chi connectivity index (χ0n) is 11.9. The first kappa shape index (κ1) is 14.7. The molecule has 2 rings (SSSR count). The summed E-state index contributed by atoms with van der Waals surface area (Å²) in [7, 11) is 1.74. The van der Waals surface area contributed by atoms with Gasteiger partial charge in [-0.25, -0.2) is 0 Å². The van der Waals surface area contributed by atoms with Gasteiger partial charge in [0.25, 0.3) is 0 Å². The Morgan fingerprint density at radius 2 is 2.11 bits per heavy atom. The fourth-order valence-corrected chi connectivity index (χ4v) is 3.37. The molecule has 0 bridgehead atoms. The normalized spacial score (nSPS) is 17.6. The van der Waals surface area contributed by atoms with E-state index < -0.39 is 0 Å². The average molecular weight is 282 g/mol. The summed E-state index contributed by atoms with van der Waals surface area (Å²) in [5, 5.41) is 4.30. The highest BCUT2D eigenvalue weighted by atomic mass is 35.5. The molecule has 3 heteroatoms. The molecule has 1 aromatic rings. The third-order valence-electron chi connectivity index (χ3n) is 4.17. The highest BCUT2D eigenvalue weighted by Crippen LogP contribution is 2.41. The number of likely N-dealkylation sites (N-methyl/N-ethyl adjacent to an activating group) is 1. The molecule has 1 aliphatic carbocycles. The van der Waals surface area contributed by atoms with Crippen LogP contribution in [0.1, 0.15) is 44.1 Å². The first-order chi connectivity index (χ1) is 9.26. The van der Waals surface area contributed by atoms with Gasteiger partial charge in [0.2, 0.25) is 0 Å². The Hall–Kier alpha value is -0.730. The summed E-state index contributed by atoms with van der Waals surface area (Å²) in [5.74, 6) is 2.24. The number of rotatable bonds is 6. The van der Waals surface area contributed by atoms with E-state index >= 15 is 0 Å². The van der Waals surface area contributed by atoms with Gasteiger partial charge >= 0.3 is 0 Å². The monoisotopic (exact) mass is 281 g/mol. The van der Waals surface area contributed by atoms with Crippen LogP contribution < -0.4 is 10.1 Å². The number of hydrogen-bond acceptors (Lipinski definition) is 2. The molecule has 0 amide bonds. The summed E-state index contributed by atoms with van der Waals surface area (Å²) in [6.45, 7) is 4.17. The number of methoxy groups -OCH3 is 1. The molecular weight excluding hydrogens is 258 g/mol. The molecule has 1 N–H and O–H groups in total. The standard InChI is InChI=1S/C16H24ClNO/c1-3-18-11-15(12-6-4-5-7-12)14-10-13(17)8-9-16(14)19-2/h8-10,12,15,18H,3-7,11H2,1-2H3. The molecule has 2 nitrogen and oxygen atoms in total. The molecule has 0 saturated heterocycles. The average Bonchev–Trinajstić information content (AvgIpc) is 2.93. The van der Waals surface area contributed by atoms with Crippen molar-refractivity contribution in [3.63, 3.8) is 0 Å². The summed E-state index contributed by atoms with van der Waals surface area (Å²) in [6, 6.07) is 5.98. The molecule has 0 aliphatic heterocycles. The second-order valence-corrected chi connectivity index (χ2v) is 5.78. The summed E-state index contributed by atoms with van der Waals surface area (Å²) in [6.07, 6.45) is 5.36. The van der Waals surface area contributed by atoms with Crippen molar-refractivity contribution in [2.75, 3.05) is 20.2 Å². The van der Waals surface area contributed by atoms with Crippen molar-refractivity contribution >= 4 is 11.6 Å². The molecule has 0 spiro atoms. The highest BCUT2D eigenvalue weighted by Gasteiger charge is 2.28. The lowest BCUT2D eigenvalue weighted by atomic mass is 9.84. The predicted molar refractivity (Wildman–Crippen MR) is 81.2 cm³/mol. The van der Waals surface area contributed by atoms with E-state index in [1.165, 1.54) is 31.2 Å². The molecule has 1 fully saturated rings. The minimum Gasteiger partial charge on any atom is -0.496 e. The Morgan fingerprint density at radius 1 is 1.37 bits per heavy atom. The van der Waals surface area contributed by atoms with Crippen molar-refractivity contribution in [2.45, 2.75) is 38.5 Å². The topological polar surface area (TPSA) is 21.3 Å². The van der Waals surface area contributed by atoms with Crippen LogP contribution in [-0.4, -0.2) is 20.2 Å². The van der Waals surface area contributed by atoms with Crippen LogP contribution in [0.3, 0.4) is 0 Å². The van der Waals surface area contributed by atoms with Gasteiger partial charge in [-0.05, 0) is 43.5 Å². The van der Waals surface area contributed by atoms with Gasteiger partial charge in [-0.3, -0.25) is 0 Å². The van der Waals surface area contributed by atoms with Gasteiger partial charge in [-0.15, -0.1) is 0 Å². The molecule has 1 aliphatic rings. The fraction of sp³-hybridized carbons (Fsp3) is 0.625. The maximum Gasteiger partial charge on any atom is 0.122 e. The Morgan fingerprint density at radius 3 is 2.74 bits per heavy atom. The summed E-state index contributed by atoms with van der Waals surface area (Å²) >= 11 is 6.18. The Kier molecular flexibility index (Phi) is 5.53. The Bertz CT molecular complexity index is 402. The first-order valence-electron chi connectivity index (χ1n) is 7.30. The van der Waals surface area contributed by atoms with E-state index in [0.29, 0.717) is 5.92 Å². The van der Waals surface area contributed by atoms with Gasteiger partial charge in [0.15, 0.2) is 0 Å². The van der Waals surface area contributed by atoms with Crippen LogP contribution in [0.4, 0.5) is 0 Å². The molecule has 106 valence electrons. The molecule has 1 atom stereocenters. The largest absolute Gasteiger partial charge is 0.496 e. The van der Waals surface area contributed by atoms with Crippen LogP contribution in [0.25, 0.3) is 0 Å². The van der Waals surface area contributed by atoms with Gasteiger partial charge in [0.05, 0.1) is 7.11 Å². The van der Waals surface area contributed by atoms with Crippen molar-refractivity contribution in [3.8, 4) is 5.75 Å². The molecule has 1 aromatic carbocycles. The maximum atomic E-state index is 6.18. The molecule has 0 heterocycles. The zero-order chi connectivity index (χ0) is 13.7. The second-order valence-electron chi connectivity index (χ2n) is 5.34. The van der Waals surface area contributed by atoms with Crippen molar-refractivity contribution in [1.29, 1.82) is 0 Å². The lowest BCUT2D eigenvalue weighted by Gasteiger charge is -2.26. The van der Waals surface area contributed by atoms with E-state index in [9.17, 15) is 0 Å². The van der Waals surface area contributed by atoms with Gasteiger partial charge in [0, 0.05) is 23.0 Å². The van der Waals surface area contributed by atoms with E-state index in [1.807, 2.05) is 12.1 Å². The number of benzene rings is 1. The summed E-state index contributed by atoms with van der Waals surface area (Å²) < 4.78 is 5.53. The summed E-state index contributed by atoms with van der Waals surface area (Å²) in [4.78, 5) is 0. The summed E-state index contributed by atoms with van der Waals surface area (Å²) in [5.41, 5.74) is 1.27. The predicted octanol–water partition coefficient (Wildman–Crippen LogP) is 4.23. The van der Waals surface area contributed by atoms with Crippen LogP contribution in [0.15, 0.2) is 18.2 Å². The van der Waals surface area contributed by atoms with Crippen LogP contribution in [-0.2, 0) is 0 Å². The lowest BCUT2D eigenvalue weighted by molar-refractivity contribution is 0.374. The van der Waals surface area contributed by atoms with Gasteiger partial charge < -0.3 is 10.1 Å². The molecule has 19 heavy (non-hydrogen) atoms. The second kappa shape index (κ2) is 7.16. The van der Waals surface area contributed by atoms with E-state index in [4.69, 9.17) is 16.3 Å². The number of ether oxygens (including phenoxy) is 1. The quantitative estimate of drug-likeness (QED) is 0.842. The van der Waals surface area contributed by atoms with Gasteiger partial charge in [-0.2, -0.15) is 0 Å². The smallest absolute Gasteiger partial charge is 0.122 e. The SMILES string of the molecule is CCNCC(c1cc(Cl)ccc1OC)C1CCCC1. The minimum atomic E-state index is 0.510. The van der Waals surface area contributed by atoms with E-state index in [-0.39, 0.29) is 0 Å². The number of halogens is 1. The maximum absolute atomic E-state index is 6.18. The fourth-order valence-electron chi connectivity index (χ4n) is 3.19. The van der Waals surface area contributed by atoms with Crippen molar-refractivity contribution in [3.05, 3.63) is 28.8 Å². The first-order valence-corrected chi connectivity index (χ1v) is 7.68. The van der Waals surface area contributed by atoms with Crippen molar-refractivity contribution in [2.24, 2.45) is 5.92 Å². The molecular formula is C16H24ClNO. The Balaban J connectivity index is 2.27. The number of nitrogens with one attached hydrogen (secondary N) is 1. The molecule has 0 aromatic heterocycles. The third-order valence-corrected chi connectivity index (χ3v) is 4.41. The lowest BCUT2D eigenvalue weighted by Crippen LogP contribution is -2.26. The van der Waals surface area contributed by atoms with Crippen molar-refractivity contribution in [1.82, 2.24) is 5.32 Å². The zero-order valence-corrected chi connectivity index (χ0v) is 12.7. The third kappa shape index (κ3) is 3.64.